The molecule has 0 aliphatic heterocycles. The second-order valence-electron chi connectivity index (χ2n) is 7.48. The largest absolute Gasteiger partial charge is 0.417 e. The fourth-order valence-electron chi connectivity index (χ4n) is 3.27. The molecule has 4 rings (SSSR count). The van der Waals surface area contributed by atoms with E-state index in [0.29, 0.717) is 9.59 Å². The number of benzene rings is 2. The van der Waals surface area contributed by atoms with Gasteiger partial charge in [0.05, 0.1) is 12.1 Å². The van der Waals surface area contributed by atoms with Crippen LogP contribution in [0.5, 0.6) is 0 Å². The van der Waals surface area contributed by atoms with E-state index >= 15 is 0 Å². The van der Waals surface area contributed by atoms with Gasteiger partial charge in [-0.2, -0.15) is 26.3 Å². The predicted molar refractivity (Wildman–Crippen MR) is 118 cm³/mol. The van der Waals surface area contributed by atoms with Crippen LogP contribution in [0.15, 0.2) is 53.3 Å². The van der Waals surface area contributed by atoms with Crippen molar-refractivity contribution in [2.45, 2.75) is 31.5 Å². The molecule has 0 aliphatic rings. The average molecular weight is 550 g/mol. The summed E-state index contributed by atoms with van der Waals surface area (Å²) >= 11 is 6.62. The van der Waals surface area contributed by atoms with Crippen LogP contribution in [-0.4, -0.2) is 41.9 Å². The molecule has 2 aromatic heterocycles. The summed E-state index contributed by atoms with van der Waals surface area (Å²) in [6.07, 6.45) is -12.5. The highest BCUT2D eigenvalue weighted by Crippen LogP contribution is 2.38. The lowest BCUT2D eigenvalue weighted by molar-refractivity contribution is -0.207. The third-order valence-electron chi connectivity index (χ3n) is 4.97. The molecule has 0 bridgehead atoms. The lowest BCUT2D eigenvalue weighted by Gasteiger charge is -2.15. The Hall–Kier alpha value is -3.23. The van der Waals surface area contributed by atoms with Crippen LogP contribution in [0.25, 0.3) is 22.0 Å². The van der Waals surface area contributed by atoms with Crippen LogP contribution in [0.2, 0.25) is 5.02 Å². The van der Waals surface area contributed by atoms with Gasteiger partial charge in [-0.05, 0) is 30.3 Å². The first-order valence-electron chi connectivity index (χ1n) is 10.0. The SMILES string of the molecule is O=c1n(Cc2nnc(-c3ccccc3C(F)(F)F)s2)nc(-c2ccc(Cl)cc2)n1C[C@H](O)C(F)(F)F. The Morgan fingerprint density at radius 3 is 2.31 bits per heavy atom. The van der Waals surface area contributed by atoms with E-state index in [0.717, 1.165) is 22.1 Å². The summed E-state index contributed by atoms with van der Waals surface area (Å²) in [4.78, 5) is 12.9. The third-order valence-corrected chi connectivity index (χ3v) is 6.17. The molecule has 0 unspecified atom stereocenters. The summed E-state index contributed by atoms with van der Waals surface area (Å²) in [7, 11) is 0. The normalized spacial score (nSPS) is 13.2. The Kier molecular flexibility index (Phi) is 6.94. The first kappa shape index (κ1) is 25.9. The van der Waals surface area contributed by atoms with E-state index in [1.165, 1.54) is 42.5 Å². The molecule has 0 saturated heterocycles. The molecular weight excluding hydrogens is 536 g/mol. The van der Waals surface area contributed by atoms with Crippen LogP contribution in [0.3, 0.4) is 0 Å². The van der Waals surface area contributed by atoms with Gasteiger partial charge in [-0.25, -0.2) is 9.48 Å². The molecule has 0 radical (unpaired) electrons. The minimum atomic E-state index is -4.99. The number of rotatable bonds is 6. The van der Waals surface area contributed by atoms with Crippen molar-refractivity contribution in [3.8, 4) is 22.0 Å². The highest BCUT2D eigenvalue weighted by Gasteiger charge is 2.39. The van der Waals surface area contributed by atoms with Crippen LogP contribution < -0.4 is 5.69 Å². The molecule has 190 valence electrons. The highest BCUT2D eigenvalue weighted by molar-refractivity contribution is 7.14. The van der Waals surface area contributed by atoms with E-state index < -0.39 is 36.3 Å². The summed E-state index contributed by atoms with van der Waals surface area (Å²) in [6, 6.07) is 10.5. The molecule has 2 heterocycles. The molecule has 1 N–H and O–H groups in total. The number of hydrogen-bond donors (Lipinski definition) is 1. The predicted octanol–water partition coefficient (Wildman–Crippen LogP) is 4.87. The Bertz CT molecular complexity index is 1430. The second-order valence-corrected chi connectivity index (χ2v) is 8.98. The molecular formula is C21H14ClF6N5O2S. The van der Waals surface area contributed by atoms with Gasteiger partial charge >= 0.3 is 18.0 Å². The molecule has 1 atom stereocenters. The first-order valence-corrected chi connectivity index (χ1v) is 11.2. The van der Waals surface area contributed by atoms with Gasteiger partial charge in [0.2, 0.25) is 0 Å². The Morgan fingerprint density at radius 1 is 1.00 bits per heavy atom. The molecule has 0 amide bonds. The van der Waals surface area contributed by atoms with Crippen molar-refractivity contribution < 1.29 is 31.4 Å². The Balaban J connectivity index is 1.71. The van der Waals surface area contributed by atoms with Gasteiger partial charge in [-0.15, -0.1) is 15.3 Å². The van der Waals surface area contributed by atoms with Gasteiger partial charge in [-0.3, -0.25) is 4.57 Å². The number of aliphatic hydroxyl groups excluding tert-OH is 1. The minimum absolute atomic E-state index is 0.0594. The van der Waals surface area contributed by atoms with Gasteiger partial charge in [0.1, 0.15) is 16.6 Å². The lowest BCUT2D eigenvalue weighted by atomic mass is 10.1. The summed E-state index contributed by atoms with van der Waals surface area (Å²) in [5, 5.41) is 21.6. The van der Waals surface area contributed by atoms with Crippen LogP contribution >= 0.6 is 22.9 Å². The van der Waals surface area contributed by atoms with Crippen LogP contribution in [0.1, 0.15) is 10.6 Å². The molecule has 7 nitrogen and oxygen atoms in total. The average Bonchev–Trinajstić information content (AvgIpc) is 3.39. The van der Waals surface area contributed by atoms with Gasteiger partial charge in [-0.1, -0.05) is 41.1 Å². The summed E-state index contributed by atoms with van der Waals surface area (Å²) in [5.74, 6) is -0.174. The standard InChI is InChI=1S/C21H14ClF6N5O2S/c22-12-7-5-11(6-8-12)17-31-33(19(35)32(17)9-15(34)21(26,27)28)10-16-29-30-18(36-16)13-3-1-2-4-14(13)20(23,24)25/h1-8,15,34H,9-10H2/t15-/m0/s1. The first-order chi connectivity index (χ1) is 16.8. The summed E-state index contributed by atoms with van der Waals surface area (Å²) in [6.45, 7) is -1.50. The van der Waals surface area contributed by atoms with Gasteiger partial charge in [0, 0.05) is 16.1 Å². The molecule has 36 heavy (non-hydrogen) atoms. The van der Waals surface area contributed by atoms with E-state index in [1.54, 1.807) is 0 Å². The molecule has 0 aliphatic carbocycles. The molecule has 0 fully saturated rings. The monoisotopic (exact) mass is 549 g/mol. The maximum Gasteiger partial charge on any atom is 0.417 e. The second kappa shape index (κ2) is 9.67. The summed E-state index contributed by atoms with van der Waals surface area (Å²) < 4.78 is 80.5. The molecule has 2 aromatic carbocycles. The number of aliphatic hydroxyl groups is 1. The molecule has 15 heteroatoms. The maximum absolute atomic E-state index is 13.4. The fraction of sp³-hybridized carbons (Fsp3) is 0.238. The number of aromatic nitrogens is 5. The Labute approximate surface area is 207 Å². The zero-order valence-electron chi connectivity index (χ0n) is 17.8. The molecule has 0 spiro atoms. The van der Waals surface area contributed by atoms with E-state index in [-0.39, 0.29) is 33.5 Å². The summed E-state index contributed by atoms with van der Waals surface area (Å²) in [5.41, 5.74) is -1.86. The van der Waals surface area contributed by atoms with Crippen LogP contribution in [-0.2, 0) is 19.3 Å². The van der Waals surface area contributed by atoms with Crippen LogP contribution in [0.4, 0.5) is 26.3 Å². The molecule has 0 saturated carbocycles. The minimum Gasteiger partial charge on any atom is -0.382 e. The topological polar surface area (TPSA) is 85.8 Å². The van der Waals surface area contributed by atoms with E-state index in [1.807, 2.05) is 0 Å². The number of hydrogen-bond acceptors (Lipinski definition) is 6. The van der Waals surface area contributed by atoms with E-state index in [4.69, 9.17) is 11.6 Å². The zero-order chi connectivity index (χ0) is 26.3. The van der Waals surface area contributed by atoms with Crippen molar-refractivity contribution >= 4 is 22.9 Å². The molecule has 4 aromatic rings. The zero-order valence-corrected chi connectivity index (χ0v) is 19.3. The number of alkyl halides is 6. The van der Waals surface area contributed by atoms with E-state index in [9.17, 15) is 36.2 Å². The van der Waals surface area contributed by atoms with Gasteiger partial charge in [0.25, 0.3) is 0 Å². The quantitative estimate of drug-likeness (QED) is 0.347. The van der Waals surface area contributed by atoms with Crippen molar-refractivity contribution in [1.82, 2.24) is 24.5 Å². The van der Waals surface area contributed by atoms with Crippen molar-refractivity contribution in [3.63, 3.8) is 0 Å². The van der Waals surface area contributed by atoms with E-state index in [2.05, 4.69) is 15.3 Å². The van der Waals surface area contributed by atoms with Gasteiger partial charge in [0.15, 0.2) is 11.9 Å². The smallest absolute Gasteiger partial charge is 0.382 e. The van der Waals surface area contributed by atoms with Crippen molar-refractivity contribution in [1.29, 1.82) is 0 Å². The highest BCUT2D eigenvalue weighted by atomic mass is 35.5. The Morgan fingerprint density at radius 2 is 1.67 bits per heavy atom. The fourth-order valence-corrected chi connectivity index (χ4v) is 4.26. The van der Waals surface area contributed by atoms with Crippen molar-refractivity contribution in [3.05, 3.63) is 74.6 Å². The van der Waals surface area contributed by atoms with Crippen molar-refractivity contribution in [2.24, 2.45) is 0 Å². The van der Waals surface area contributed by atoms with Gasteiger partial charge < -0.3 is 5.11 Å². The lowest BCUT2D eigenvalue weighted by Crippen LogP contribution is -2.37. The number of nitrogens with zero attached hydrogens (tertiary/aromatic N) is 5. The third kappa shape index (κ3) is 5.44. The van der Waals surface area contributed by atoms with Crippen molar-refractivity contribution in [2.75, 3.05) is 0 Å². The number of halogens is 7. The van der Waals surface area contributed by atoms with Crippen LogP contribution in [0, 0.1) is 0 Å². The maximum atomic E-state index is 13.4.